The molecule has 3 rings (SSSR count). The summed E-state index contributed by atoms with van der Waals surface area (Å²) in [6, 6.07) is 5.83. The van der Waals surface area contributed by atoms with Gasteiger partial charge in [0.1, 0.15) is 5.75 Å². The van der Waals surface area contributed by atoms with Crippen LogP contribution in [0.2, 0.25) is 0 Å². The number of rotatable bonds is 6. The van der Waals surface area contributed by atoms with E-state index in [2.05, 4.69) is 10.2 Å². The Morgan fingerprint density at radius 3 is 2.54 bits per heavy atom. The number of hydrogen-bond donors (Lipinski definition) is 1. The first kappa shape index (κ1) is 16.4. The molecule has 2 N–H and O–H groups in total. The fourth-order valence-electron chi connectivity index (χ4n) is 2.54. The highest BCUT2D eigenvalue weighted by molar-refractivity contribution is 7.89. The average molecular weight is 351 g/mol. The van der Waals surface area contributed by atoms with Crippen molar-refractivity contribution in [3.8, 4) is 5.75 Å². The van der Waals surface area contributed by atoms with E-state index < -0.39 is 15.9 Å². The van der Waals surface area contributed by atoms with Crippen molar-refractivity contribution in [1.29, 1.82) is 0 Å². The summed E-state index contributed by atoms with van der Waals surface area (Å²) >= 11 is 0. The minimum absolute atomic E-state index is 0.0621. The largest absolute Gasteiger partial charge is 0.484 e. The third kappa shape index (κ3) is 3.39. The molecule has 0 radical (unpaired) electrons. The molecule has 1 aromatic carbocycles. The number of nitrogens with two attached hydrogens (primary N) is 1. The van der Waals surface area contributed by atoms with Gasteiger partial charge in [-0.1, -0.05) is 0 Å². The Morgan fingerprint density at radius 2 is 1.92 bits per heavy atom. The maximum absolute atomic E-state index is 12.7. The van der Waals surface area contributed by atoms with E-state index >= 15 is 0 Å². The first-order chi connectivity index (χ1) is 11.5. The Morgan fingerprint density at radius 1 is 1.25 bits per heavy atom. The molecular formula is C14H17N5O4S. The van der Waals surface area contributed by atoms with Gasteiger partial charge in [0.2, 0.25) is 10.0 Å². The number of primary amides is 1. The van der Waals surface area contributed by atoms with E-state index in [1.54, 1.807) is 12.4 Å². The maximum atomic E-state index is 12.7. The minimum Gasteiger partial charge on any atom is -0.484 e. The van der Waals surface area contributed by atoms with E-state index in [0.29, 0.717) is 25.3 Å². The number of sulfonamides is 1. The summed E-state index contributed by atoms with van der Waals surface area (Å²) < 4.78 is 31.9. The molecule has 0 aliphatic carbocycles. The fourth-order valence-corrected chi connectivity index (χ4v) is 4.04. The SMILES string of the molecule is NC(=O)COc1ccc(S(=O)(=O)N2CCC(n3nccn3)C2)cc1. The van der Waals surface area contributed by atoms with Gasteiger partial charge in [0, 0.05) is 13.1 Å². The Kier molecular flexibility index (Phi) is 4.49. The summed E-state index contributed by atoms with van der Waals surface area (Å²) in [6.07, 6.45) is 3.80. The molecule has 1 fully saturated rings. The number of aromatic nitrogens is 3. The molecule has 1 unspecified atom stereocenters. The monoisotopic (exact) mass is 351 g/mol. The summed E-state index contributed by atoms with van der Waals surface area (Å²) in [5.41, 5.74) is 5.00. The smallest absolute Gasteiger partial charge is 0.255 e. The minimum atomic E-state index is -3.59. The summed E-state index contributed by atoms with van der Waals surface area (Å²) in [7, 11) is -3.59. The van der Waals surface area contributed by atoms with Crippen LogP contribution >= 0.6 is 0 Å². The van der Waals surface area contributed by atoms with E-state index in [1.807, 2.05) is 0 Å². The molecule has 2 aromatic rings. The second kappa shape index (κ2) is 6.57. The lowest BCUT2D eigenvalue weighted by Crippen LogP contribution is -2.29. The van der Waals surface area contributed by atoms with Crippen LogP contribution in [-0.4, -0.2) is 53.3 Å². The molecular weight excluding hydrogens is 334 g/mol. The van der Waals surface area contributed by atoms with E-state index in [0.717, 1.165) is 0 Å². The van der Waals surface area contributed by atoms with Crippen LogP contribution in [0, 0.1) is 0 Å². The van der Waals surface area contributed by atoms with Gasteiger partial charge < -0.3 is 10.5 Å². The highest BCUT2D eigenvalue weighted by Crippen LogP contribution is 2.27. The van der Waals surface area contributed by atoms with Gasteiger partial charge in [0.25, 0.3) is 5.91 Å². The van der Waals surface area contributed by atoms with Crippen LogP contribution in [0.25, 0.3) is 0 Å². The first-order valence-corrected chi connectivity index (χ1v) is 8.78. The predicted molar refractivity (Wildman–Crippen MR) is 83.6 cm³/mol. The van der Waals surface area contributed by atoms with Crippen LogP contribution in [0.1, 0.15) is 12.5 Å². The molecule has 2 heterocycles. The normalized spacial score (nSPS) is 18.6. The number of amides is 1. The molecule has 0 bridgehead atoms. The van der Waals surface area contributed by atoms with Crippen LogP contribution in [0.15, 0.2) is 41.6 Å². The van der Waals surface area contributed by atoms with Crippen molar-refractivity contribution < 1.29 is 17.9 Å². The second-order valence-corrected chi connectivity index (χ2v) is 7.32. The van der Waals surface area contributed by atoms with Gasteiger partial charge >= 0.3 is 0 Å². The lowest BCUT2D eigenvalue weighted by Gasteiger charge is -2.16. The first-order valence-electron chi connectivity index (χ1n) is 7.34. The van der Waals surface area contributed by atoms with Gasteiger partial charge in [-0.25, -0.2) is 8.42 Å². The van der Waals surface area contributed by atoms with Crippen molar-refractivity contribution >= 4 is 15.9 Å². The van der Waals surface area contributed by atoms with Crippen LogP contribution in [0.4, 0.5) is 0 Å². The molecule has 9 nitrogen and oxygen atoms in total. The van der Waals surface area contributed by atoms with Crippen LogP contribution < -0.4 is 10.5 Å². The zero-order valence-electron chi connectivity index (χ0n) is 12.8. The molecule has 1 aliphatic heterocycles. The number of ether oxygens (including phenoxy) is 1. The van der Waals surface area contributed by atoms with Crippen molar-refractivity contribution in [3.63, 3.8) is 0 Å². The third-order valence-corrected chi connectivity index (χ3v) is 5.61. The zero-order valence-corrected chi connectivity index (χ0v) is 13.6. The molecule has 24 heavy (non-hydrogen) atoms. The average Bonchev–Trinajstić information content (AvgIpc) is 3.24. The summed E-state index contributed by atoms with van der Waals surface area (Å²) in [5, 5.41) is 8.13. The molecule has 1 aromatic heterocycles. The maximum Gasteiger partial charge on any atom is 0.255 e. The number of carbonyl (C=O) groups is 1. The molecule has 0 saturated carbocycles. The number of carbonyl (C=O) groups excluding carboxylic acids is 1. The van der Waals surface area contributed by atoms with E-state index in [9.17, 15) is 13.2 Å². The molecule has 1 saturated heterocycles. The Balaban J connectivity index is 1.70. The van der Waals surface area contributed by atoms with Crippen molar-refractivity contribution in [2.75, 3.05) is 19.7 Å². The lowest BCUT2D eigenvalue weighted by molar-refractivity contribution is -0.119. The van der Waals surface area contributed by atoms with Gasteiger partial charge in [0.15, 0.2) is 6.61 Å². The Labute approximate surface area is 139 Å². The van der Waals surface area contributed by atoms with Gasteiger partial charge in [-0.2, -0.15) is 19.3 Å². The van der Waals surface area contributed by atoms with Gasteiger partial charge in [-0.15, -0.1) is 0 Å². The van der Waals surface area contributed by atoms with Crippen LogP contribution in [0.3, 0.4) is 0 Å². The molecule has 10 heteroatoms. The Hall–Kier alpha value is -2.46. The highest BCUT2D eigenvalue weighted by Gasteiger charge is 2.34. The van der Waals surface area contributed by atoms with Crippen LogP contribution in [-0.2, 0) is 14.8 Å². The molecule has 1 atom stereocenters. The lowest BCUT2D eigenvalue weighted by atomic mass is 10.3. The summed E-state index contributed by atoms with van der Waals surface area (Å²) in [4.78, 5) is 12.4. The van der Waals surface area contributed by atoms with E-state index in [-0.39, 0.29) is 17.5 Å². The second-order valence-electron chi connectivity index (χ2n) is 5.38. The van der Waals surface area contributed by atoms with Crippen molar-refractivity contribution in [2.24, 2.45) is 5.73 Å². The third-order valence-electron chi connectivity index (χ3n) is 3.73. The highest BCUT2D eigenvalue weighted by atomic mass is 32.2. The quantitative estimate of drug-likeness (QED) is 0.768. The molecule has 128 valence electrons. The Bertz CT molecular complexity index is 804. The van der Waals surface area contributed by atoms with Gasteiger partial charge in [-0.3, -0.25) is 4.79 Å². The van der Waals surface area contributed by atoms with Crippen molar-refractivity contribution in [1.82, 2.24) is 19.3 Å². The topological polar surface area (TPSA) is 120 Å². The van der Waals surface area contributed by atoms with E-state index in [1.165, 1.54) is 33.4 Å². The number of nitrogens with zero attached hydrogens (tertiary/aromatic N) is 4. The van der Waals surface area contributed by atoms with Crippen molar-refractivity contribution in [3.05, 3.63) is 36.7 Å². The standard InChI is InChI=1S/C14H17N5O4S/c15-14(20)10-23-12-1-3-13(4-2-12)24(21,22)18-8-5-11(9-18)19-16-6-7-17-19/h1-4,6-7,11H,5,8-10H2,(H2,15,20). The zero-order chi connectivity index (χ0) is 17.2. The predicted octanol–water partition coefficient (Wildman–Crippen LogP) is -0.222. The summed E-state index contributed by atoms with van der Waals surface area (Å²) in [6.45, 7) is 0.488. The molecule has 0 spiro atoms. The summed E-state index contributed by atoms with van der Waals surface area (Å²) in [5.74, 6) is -0.213. The van der Waals surface area contributed by atoms with E-state index in [4.69, 9.17) is 10.5 Å². The molecule has 1 amide bonds. The fraction of sp³-hybridized carbons (Fsp3) is 0.357. The van der Waals surface area contributed by atoms with Gasteiger partial charge in [0.05, 0.1) is 23.3 Å². The van der Waals surface area contributed by atoms with Crippen molar-refractivity contribution in [2.45, 2.75) is 17.4 Å². The molecule has 1 aliphatic rings. The number of hydrogen-bond acceptors (Lipinski definition) is 6. The number of benzene rings is 1. The van der Waals surface area contributed by atoms with Gasteiger partial charge in [-0.05, 0) is 30.7 Å². The van der Waals surface area contributed by atoms with Crippen LogP contribution in [0.5, 0.6) is 5.75 Å².